The summed E-state index contributed by atoms with van der Waals surface area (Å²) in [4.78, 5) is 0. The first-order chi connectivity index (χ1) is 8.51. The summed E-state index contributed by atoms with van der Waals surface area (Å²) >= 11 is 0. The van der Waals surface area contributed by atoms with Crippen LogP contribution in [0.3, 0.4) is 0 Å². The number of furan rings is 1. The van der Waals surface area contributed by atoms with Crippen molar-refractivity contribution < 1.29 is 12.8 Å². The highest BCUT2D eigenvalue weighted by molar-refractivity contribution is 7.92. The Bertz CT molecular complexity index is 629. The van der Waals surface area contributed by atoms with E-state index < -0.39 is 10.0 Å². The lowest BCUT2D eigenvalue weighted by Gasteiger charge is -2.01. The highest BCUT2D eigenvalue weighted by atomic mass is 32.2. The number of hydrogen-bond acceptors (Lipinski definition) is 5. The summed E-state index contributed by atoms with van der Waals surface area (Å²) in [6.07, 6.45) is 1.65. The van der Waals surface area contributed by atoms with Gasteiger partial charge < -0.3 is 9.73 Å². The van der Waals surface area contributed by atoms with Crippen molar-refractivity contribution in [3.63, 3.8) is 0 Å². The van der Waals surface area contributed by atoms with Crippen LogP contribution >= 0.6 is 0 Å². The number of hydrogen-bond donors (Lipinski definition) is 2. The average Bonchev–Trinajstić information content (AvgIpc) is 2.88. The minimum atomic E-state index is -3.72. The third kappa shape index (κ3) is 2.71. The van der Waals surface area contributed by atoms with Crippen molar-refractivity contribution in [1.82, 2.24) is 15.1 Å². The van der Waals surface area contributed by atoms with Crippen LogP contribution in [0, 0.1) is 0 Å². The molecule has 2 N–H and O–H groups in total. The molecule has 2 aromatic heterocycles. The summed E-state index contributed by atoms with van der Waals surface area (Å²) in [5.41, 5.74) is 0. The molecule has 2 aromatic rings. The molecule has 18 heavy (non-hydrogen) atoms. The number of rotatable bonds is 5. The summed E-state index contributed by atoms with van der Waals surface area (Å²) in [6, 6.07) is 4.59. The number of nitrogens with one attached hydrogen (secondary N) is 2. The largest absolute Gasteiger partial charge is 0.446 e. The van der Waals surface area contributed by atoms with E-state index in [2.05, 4.69) is 15.1 Å². The molecular weight excluding hydrogens is 256 g/mol. The minimum absolute atomic E-state index is 0.126. The zero-order chi connectivity index (χ0) is 13.2. The topological polar surface area (TPSA) is 89.2 Å². The maximum atomic E-state index is 12.0. The zero-order valence-corrected chi connectivity index (χ0v) is 10.9. The molecule has 2 heterocycles. The molecule has 0 aliphatic carbocycles. The molecule has 0 saturated heterocycles. The number of aromatic nitrogens is 2. The molecule has 0 aliphatic rings. The van der Waals surface area contributed by atoms with Crippen molar-refractivity contribution in [2.24, 2.45) is 7.05 Å². The van der Waals surface area contributed by atoms with E-state index >= 15 is 0 Å². The lowest BCUT2D eigenvalue weighted by Crippen LogP contribution is -2.13. The Balaban J connectivity index is 2.19. The maximum absolute atomic E-state index is 12.0. The molecule has 0 aromatic carbocycles. The van der Waals surface area contributed by atoms with Crippen molar-refractivity contribution >= 4 is 15.8 Å². The highest BCUT2D eigenvalue weighted by Gasteiger charge is 2.19. The Kier molecular flexibility index (Phi) is 3.39. The van der Waals surface area contributed by atoms with Crippen molar-refractivity contribution in [3.05, 3.63) is 30.2 Å². The van der Waals surface area contributed by atoms with Crippen molar-refractivity contribution in [1.29, 1.82) is 0 Å². The molecule has 0 unspecified atom stereocenters. The molecule has 7 nitrogen and oxygen atoms in total. The first-order valence-corrected chi connectivity index (χ1v) is 6.75. The molecular formula is C10H14N4O3S. The molecule has 0 saturated carbocycles. The number of nitrogens with zero attached hydrogens (tertiary/aromatic N) is 2. The smallest absolute Gasteiger partial charge is 0.296 e. The van der Waals surface area contributed by atoms with E-state index in [-0.39, 0.29) is 10.9 Å². The maximum Gasteiger partial charge on any atom is 0.296 e. The van der Waals surface area contributed by atoms with Gasteiger partial charge >= 0.3 is 0 Å². The summed E-state index contributed by atoms with van der Waals surface area (Å²) in [5.74, 6) is 0.808. The lowest BCUT2D eigenvalue weighted by molar-refractivity contribution is 0.408. The molecule has 0 radical (unpaired) electrons. The molecule has 0 spiro atoms. The highest BCUT2D eigenvalue weighted by Crippen LogP contribution is 2.17. The second-order valence-electron chi connectivity index (χ2n) is 3.73. The van der Waals surface area contributed by atoms with E-state index in [9.17, 15) is 8.42 Å². The predicted octanol–water partition coefficient (Wildman–Crippen LogP) is 0.533. The van der Waals surface area contributed by atoms with Gasteiger partial charge in [0.25, 0.3) is 10.0 Å². The standard InChI is InChI=1S/C10H14N4O3S/c1-11-7-8-3-4-10(17-8)18(15,16)13-9-5-6-14(2)12-9/h3-6,11H,7H2,1-2H3,(H,12,13). The predicted molar refractivity (Wildman–Crippen MR) is 65.5 cm³/mol. The second-order valence-corrected chi connectivity index (χ2v) is 5.34. The third-order valence-electron chi connectivity index (χ3n) is 2.21. The van der Waals surface area contributed by atoms with E-state index in [4.69, 9.17) is 4.42 Å². The fourth-order valence-electron chi connectivity index (χ4n) is 1.43. The van der Waals surface area contributed by atoms with Gasteiger partial charge in [0.2, 0.25) is 5.09 Å². The van der Waals surface area contributed by atoms with Crippen LogP contribution in [0.25, 0.3) is 0 Å². The molecule has 0 atom stereocenters. The second kappa shape index (κ2) is 4.83. The Hall–Kier alpha value is -1.80. The van der Waals surface area contributed by atoms with Gasteiger partial charge in [-0.1, -0.05) is 0 Å². The minimum Gasteiger partial charge on any atom is -0.446 e. The molecule has 2 rings (SSSR count). The average molecular weight is 270 g/mol. The van der Waals surface area contributed by atoms with Crippen molar-refractivity contribution in [2.45, 2.75) is 11.6 Å². The van der Waals surface area contributed by atoms with E-state index in [1.165, 1.54) is 10.7 Å². The lowest BCUT2D eigenvalue weighted by atomic mass is 10.4. The number of aryl methyl sites for hydroxylation is 1. The Morgan fingerprint density at radius 1 is 1.39 bits per heavy atom. The zero-order valence-electron chi connectivity index (χ0n) is 10.0. The van der Waals surface area contributed by atoms with Gasteiger partial charge in [0.1, 0.15) is 5.76 Å². The van der Waals surface area contributed by atoms with Crippen LogP contribution in [0.15, 0.2) is 33.9 Å². The molecule has 0 bridgehead atoms. The van der Waals surface area contributed by atoms with E-state index in [1.54, 1.807) is 32.4 Å². The van der Waals surface area contributed by atoms with Gasteiger partial charge in [-0.25, -0.2) is 0 Å². The fraction of sp³-hybridized carbons (Fsp3) is 0.300. The Morgan fingerprint density at radius 3 is 2.78 bits per heavy atom. The first-order valence-electron chi connectivity index (χ1n) is 5.27. The van der Waals surface area contributed by atoms with Crippen LogP contribution in [0.2, 0.25) is 0 Å². The van der Waals surface area contributed by atoms with Crippen LogP contribution in [0.4, 0.5) is 5.82 Å². The van der Waals surface area contributed by atoms with Crippen LogP contribution in [0.5, 0.6) is 0 Å². The molecule has 0 amide bonds. The van der Waals surface area contributed by atoms with Gasteiger partial charge in [0.15, 0.2) is 5.82 Å². The van der Waals surface area contributed by atoms with Crippen LogP contribution in [0.1, 0.15) is 5.76 Å². The van der Waals surface area contributed by atoms with Gasteiger partial charge in [-0.15, -0.1) is 0 Å². The van der Waals surface area contributed by atoms with Gasteiger partial charge in [0, 0.05) is 19.3 Å². The monoisotopic (exact) mass is 270 g/mol. The Morgan fingerprint density at radius 2 is 2.17 bits per heavy atom. The summed E-state index contributed by atoms with van der Waals surface area (Å²) in [5, 5.41) is 6.69. The number of sulfonamides is 1. The van der Waals surface area contributed by atoms with E-state index in [0.29, 0.717) is 12.3 Å². The van der Waals surface area contributed by atoms with Gasteiger partial charge in [-0.2, -0.15) is 13.5 Å². The fourth-order valence-corrected chi connectivity index (χ4v) is 2.38. The summed E-state index contributed by atoms with van der Waals surface area (Å²) in [7, 11) is -0.261. The van der Waals surface area contributed by atoms with Crippen LogP contribution in [-0.4, -0.2) is 25.2 Å². The molecule has 0 fully saturated rings. The first kappa shape index (κ1) is 12.7. The third-order valence-corrected chi connectivity index (χ3v) is 3.43. The van der Waals surface area contributed by atoms with E-state index in [1.807, 2.05) is 0 Å². The SMILES string of the molecule is CNCc1ccc(S(=O)(=O)Nc2ccn(C)n2)o1. The molecule has 8 heteroatoms. The molecule has 0 aliphatic heterocycles. The summed E-state index contributed by atoms with van der Waals surface area (Å²) in [6.45, 7) is 0.471. The van der Waals surface area contributed by atoms with Crippen LogP contribution in [-0.2, 0) is 23.6 Å². The number of anilines is 1. The molecule has 98 valence electrons. The van der Waals surface area contributed by atoms with Gasteiger partial charge in [-0.05, 0) is 19.2 Å². The van der Waals surface area contributed by atoms with Crippen molar-refractivity contribution in [3.8, 4) is 0 Å². The Labute approximate surface area is 105 Å². The van der Waals surface area contributed by atoms with Crippen LogP contribution < -0.4 is 10.0 Å². The van der Waals surface area contributed by atoms with Crippen molar-refractivity contribution in [2.75, 3.05) is 11.8 Å². The normalized spacial score (nSPS) is 11.7. The van der Waals surface area contributed by atoms with Gasteiger partial charge in [0.05, 0.1) is 6.54 Å². The van der Waals surface area contributed by atoms with E-state index in [0.717, 1.165) is 0 Å². The quantitative estimate of drug-likeness (QED) is 0.827. The summed E-state index contributed by atoms with van der Waals surface area (Å²) < 4.78 is 33.0. The van der Waals surface area contributed by atoms with Gasteiger partial charge in [-0.3, -0.25) is 9.40 Å².